The molecule has 0 spiro atoms. The number of nitrogens with one attached hydrogen (secondary N) is 1. The average Bonchev–Trinajstić information content (AvgIpc) is 2.72. The Morgan fingerprint density at radius 1 is 1.41 bits per heavy atom. The predicted octanol–water partition coefficient (Wildman–Crippen LogP) is 3.01. The molecule has 5 nitrogen and oxygen atoms in total. The summed E-state index contributed by atoms with van der Waals surface area (Å²) in [5.41, 5.74) is 6.85. The number of halogens is 2. The highest BCUT2D eigenvalue weighted by atomic mass is 35.5. The first kappa shape index (κ1) is 12.5. The summed E-state index contributed by atoms with van der Waals surface area (Å²) in [5, 5.41) is 3.33. The molecule has 3 N–H and O–H groups in total. The Hall–Kier alpha value is -0.950. The molecule has 1 amide bonds. The largest absolute Gasteiger partial charge is 0.322 e. The summed E-state index contributed by atoms with van der Waals surface area (Å²) in [5.74, 6) is -0.344. The van der Waals surface area contributed by atoms with E-state index >= 15 is 0 Å². The van der Waals surface area contributed by atoms with E-state index in [9.17, 15) is 4.79 Å². The van der Waals surface area contributed by atoms with Crippen molar-refractivity contribution < 1.29 is 4.79 Å². The van der Waals surface area contributed by atoms with Crippen LogP contribution in [0.4, 0.5) is 17.1 Å². The molecule has 0 aromatic heterocycles. The third kappa shape index (κ3) is 2.35. The number of anilines is 1. The molecular formula is C9H8Cl2N4OS. The molecule has 0 aliphatic carbocycles. The van der Waals surface area contributed by atoms with E-state index < -0.39 is 6.04 Å². The zero-order valence-corrected chi connectivity index (χ0v) is 11.0. The minimum Gasteiger partial charge on any atom is -0.322 e. The Kier molecular flexibility index (Phi) is 3.48. The van der Waals surface area contributed by atoms with Gasteiger partial charge in [0, 0.05) is 0 Å². The number of benzene rings is 1. The van der Waals surface area contributed by atoms with Crippen molar-refractivity contribution in [2.75, 3.05) is 5.32 Å². The van der Waals surface area contributed by atoms with Crippen molar-refractivity contribution in [2.45, 2.75) is 13.0 Å². The number of nitrogens with zero attached hydrogens (tertiary/aromatic N) is 2. The minimum absolute atomic E-state index is 0.309. The number of carbonyl (C=O) groups is 1. The smallest absolute Gasteiger partial charge is 0.241 e. The number of nitrogens with two attached hydrogens (primary N) is 1. The van der Waals surface area contributed by atoms with E-state index in [1.54, 1.807) is 6.92 Å². The number of carbonyl (C=O) groups excluding carboxylic acids is 1. The van der Waals surface area contributed by atoms with Gasteiger partial charge in [-0.1, -0.05) is 23.2 Å². The number of hydrogen-bond acceptors (Lipinski definition) is 4. The summed E-state index contributed by atoms with van der Waals surface area (Å²) >= 11 is 13.0. The standard InChI is InChI=1S/C9H8Cl2N4OS/c1-3(12)9(16)13-6-4(10)2-5(11)7-8(6)15-17-14-7/h2-3H,12H2,1H3,(H,13,16)/t3-/m0/s1. The van der Waals surface area contributed by atoms with Gasteiger partial charge < -0.3 is 11.1 Å². The monoisotopic (exact) mass is 290 g/mol. The van der Waals surface area contributed by atoms with Crippen molar-refractivity contribution in [3.05, 3.63) is 16.1 Å². The lowest BCUT2D eigenvalue weighted by molar-refractivity contribution is -0.117. The first-order valence-electron chi connectivity index (χ1n) is 4.67. The van der Waals surface area contributed by atoms with Gasteiger partial charge in [-0.3, -0.25) is 4.79 Å². The van der Waals surface area contributed by atoms with Crippen LogP contribution in [0.1, 0.15) is 6.92 Å². The van der Waals surface area contributed by atoms with Gasteiger partial charge in [0.2, 0.25) is 5.91 Å². The molecule has 0 unspecified atom stereocenters. The van der Waals surface area contributed by atoms with Gasteiger partial charge in [0.05, 0.1) is 33.1 Å². The second kappa shape index (κ2) is 4.73. The molecule has 1 atom stereocenters. The normalized spacial score (nSPS) is 14.1. The molecule has 0 bridgehead atoms. The molecule has 1 aliphatic rings. The van der Waals surface area contributed by atoms with Crippen molar-refractivity contribution in [1.82, 2.24) is 0 Å². The number of hydrogen-bond donors (Lipinski definition) is 2. The summed E-state index contributed by atoms with van der Waals surface area (Å²) in [6.45, 7) is 1.58. The maximum absolute atomic E-state index is 11.5. The molecule has 1 aromatic rings. The molecule has 90 valence electrons. The molecule has 0 saturated carbocycles. The Labute approximate surface area is 111 Å². The fourth-order valence-electron chi connectivity index (χ4n) is 1.23. The number of amides is 1. The molecule has 1 heterocycles. The van der Waals surface area contributed by atoms with Crippen LogP contribution in [0.3, 0.4) is 0 Å². The minimum atomic E-state index is -0.636. The van der Waals surface area contributed by atoms with Gasteiger partial charge in [-0.2, -0.15) is 8.73 Å². The van der Waals surface area contributed by atoms with Crippen LogP contribution in [0.5, 0.6) is 0 Å². The quantitative estimate of drug-likeness (QED) is 0.891. The van der Waals surface area contributed by atoms with Crippen LogP contribution >= 0.6 is 23.2 Å². The molecule has 0 radical (unpaired) electrons. The van der Waals surface area contributed by atoms with E-state index in [1.165, 1.54) is 6.07 Å². The summed E-state index contributed by atoms with van der Waals surface area (Å²) in [4.78, 5) is 11.5. The Morgan fingerprint density at radius 3 is 2.71 bits per heavy atom. The summed E-state index contributed by atoms with van der Waals surface area (Å²) in [7, 11) is 0. The molecular weight excluding hydrogens is 283 g/mol. The van der Waals surface area contributed by atoms with Gasteiger partial charge in [0.1, 0.15) is 11.4 Å². The van der Waals surface area contributed by atoms with E-state index in [0.29, 0.717) is 27.1 Å². The summed E-state index contributed by atoms with van der Waals surface area (Å²) in [6, 6.07) is 0.882. The van der Waals surface area contributed by atoms with Crippen LogP contribution in [0.25, 0.3) is 0 Å². The van der Waals surface area contributed by atoms with Crippen molar-refractivity contribution in [2.24, 2.45) is 14.5 Å². The van der Waals surface area contributed by atoms with Crippen LogP contribution in [0.15, 0.2) is 14.8 Å². The third-order valence-corrected chi connectivity index (χ3v) is 3.22. The van der Waals surface area contributed by atoms with E-state index in [1.807, 2.05) is 0 Å². The van der Waals surface area contributed by atoms with E-state index in [2.05, 4.69) is 14.0 Å². The number of rotatable bonds is 2. The van der Waals surface area contributed by atoms with Gasteiger partial charge in [0.25, 0.3) is 0 Å². The summed E-state index contributed by atoms with van der Waals surface area (Å²) in [6.07, 6.45) is 0. The van der Waals surface area contributed by atoms with Crippen molar-refractivity contribution in [3.8, 4) is 0 Å². The van der Waals surface area contributed by atoms with Crippen LogP contribution in [0.2, 0.25) is 10.0 Å². The Bertz CT molecular complexity index is 567. The van der Waals surface area contributed by atoms with Crippen molar-refractivity contribution >= 4 is 57.5 Å². The predicted molar refractivity (Wildman–Crippen MR) is 70.3 cm³/mol. The lowest BCUT2D eigenvalue weighted by Crippen LogP contribution is -2.32. The van der Waals surface area contributed by atoms with E-state index in [0.717, 1.165) is 11.4 Å². The lowest BCUT2D eigenvalue weighted by Gasteiger charge is -2.12. The number of fused-ring (bicyclic) bond motifs is 1. The zero-order valence-electron chi connectivity index (χ0n) is 8.70. The van der Waals surface area contributed by atoms with Gasteiger partial charge in [-0.05, 0) is 13.0 Å². The van der Waals surface area contributed by atoms with Crippen molar-refractivity contribution in [3.63, 3.8) is 0 Å². The van der Waals surface area contributed by atoms with Crippen molar-refractivity contribution in [1.29, 1.82) is 0 Å². The van der Waals surface area contributed by atoms with E-state index in [-0.39, 0.29) is 5.91 Å². The Morgan fingerprint density at radius 2 is 2.06 bits per heavy atom. The molecule has 17 heavy (non-hydrogen) atoms. The molecule has 0 saturated heterocycles. The van der Waals surface area contributed by atoms with Crippen LogP contribution in [0, 0.1) is 0 Å². The molecule has 0 fully saturated rings. The first-order valence-corrected chi connectivity index (χ1v) is 6.16. The fourth-order valence-corrected chi connectivity index (χ4v) is 2.39. The second-order valence-electron chi connectivity index (χ2n) is 3.45. The van der Waals surface area contributed by atoms with Gasteiger partial charge in [-0.25, -0.2) is 0 Å². The fraction of sp³-hybridized carbons (Fsp3) is 0.222. The lowest BCUT2D eigenvalue weighted by atomic mass is 10.2. The first-order chi connectivity index (χ1) is 8.00. The van der Waals surface area contributed by atoms with Gasteiger partial charge in [0.15, 0.2) is 0 Å². The highest BCUT2D eigenvalue weighted by Crippen LogP contribution is 2.47. The maximum atomic E-state index is 11.5. The second-order valence-corrected chi connectivity index (χ2v) is 4.80. The molecule has 2 rings (SSSR count). The highest BCUT2D eigenvalue weighted by molar-refractivity contribution is 7.58. The van der Waals surface area contributed by atoms with Crippen LogP contribution in [-0.4, -0.2) is 11.9 Å². The van der Waals surface area contributed by atoms with Crippen LogP contribution in [-0.2, 0) is 16.1 Å². The highest BCUT2D eigenvalue weighted by Gasteiger charge is 2.21. The molecule has 1 aromatic carbocycles. The topological polar surface area (TPSA) is 79.8 Å². The zero-order chi connectivity index (χ0) is 12.6. The van der Waals surface area contributed by atoms with E-state index in [4.69, 9.17) is 28.9 Å². The SMILES string of the molecule is C[C@H](N)C(=O)Nc1c(Cl)cc(Cl)c2c1N=S=N2. The summed E-state index contributed by atoms with van der Waals surface area (Å²) < 4.78 is 8.09. The average molecular weight is 291 g/mol. The van der Waals surface area contributed by atoms with Gasteiger partial charge in [-0.15, -0.1) is 0 Å². The molecule has 8 heteroatoms. The third-order valence-electron chi connectivity index (χ3n) is 2.11. The maximum Gasteiger partial charge on any atom is 0.241 e. The van der Waals surface area contributed by atoms with Gasteiger partial charge >= 0.3 is 0 Å². The Balaban J connectivity index is 2.46. The molecule has 1 aliphatic heterocycles. The van der Waals surface area contributed by atoms with Crippen LogP contribution < -0.4 is 11.1 Å².